The Labute approximate surface area is 226 Å². The Morgan fingerprint density at radius 2 is 1.70 bits per heavy atom. The van der Waals surface area contributed by atoms with Gasteiger partial charge >= 0.3 is 5.97 Å². The number of fused-ring (bicyclic) bond motifs is 2. The van der Waals surface area contributed by atoms with E-state index >= 15 is 0 Å². The second kappa shape index (κ2) is 9.45. The summed E-state index contributed by atoms with van der Waals surface area (Å²) in [5.41, 5.74) is 3.95. The molecule has 2 aliphatic rings. The second-order valence-corrected chi connectivity index (χ2v) is 10.3. The normalized spacial score (nSPS) is 28.8. The van der Waals surface area contributed by atoms with Crippen molar-refractivity contribution < 1.29 is 44.3 Å². The van der Waals surface area contributed by atoms with Crippen LogP contribution in [0, 0.1) is 6.92 Å². The fraction of sp³-hybridized carbons (Fsp3) is 0.321. The number of aliphatic hydroxyl groups excluding tert-OH is 3. The molecule has 7 atom stereocenters. The van der Waals surface area contributed by atoms with Gasteiger partial charge in [0.1, 0.15) is 24.1 Å². The Morgan fingerprint density at radius 3 is 2.42 bits per heavy atom. The number of aromatic nitrogens is 2. The van der Waals surface area contributed by atoms with Crippen molar-refractivity contribution in [3.05, 3.63) is 65.5 Å². The minimum atomic E-state index is -1.83. The summed E-state index contributed by atoms with van der Waals surface area (Å²) in [7, 11) is 1.90. The molecule has 6 N–H and O–H groups in total. The van der Waals surface area contributed by atoms with E-state index in [1.54, 1.807) is 18.3 Å². The number of aromatic amines is 1. The lowest BCUT2D eigenvalue weighted by Crippen LogP contribution is -2.61. The molecule has 0 radical (unpaired) electrons. The zero-order valence-corrected chi connectivity index (χ0v) is 21.4. The van der Waals surface area contributed by atoms with Gasteiger partial charge in [-0.1, -0.05) is 18.2 Å². The molecule has 2 amide bonds. The largest absolute Gasteiger partial charge is 0.479 e. The monoisotopic (exact) mass is 549 g/mol. The van der Waals surface area contributed by atoms with E-state index < -0.39 is 54.4 Å². The van der Waals surface area contributed by atoms with E-state index in [0.717, 1.165) is 22.0 Å². The number of nitrogens with one attached hydrogen (secondary N) is 2. The van der Waals surface area contributed by atoms with Crippen LogP contribution in [0.1, 0.15) is 28.5 Å². The number of carbonyl (C=O) groups is 3. The summed E-state index contributed by atoms with van der Waals surface area (Å²) in [6.07, 6.45) is -5.15. The fourth-order valence-electron chi connectivity index (χ4n) is 5.91. The molecule has 2 aromatic carbocycles. The molecule has 1 unspecified atom stereocenters. The SMILES string of the molecule is Cc1cccc2c([C@@H]3C(=O)NC(=O)[C@H]3c3c[nH]c4cc(OC5O[C@H](C(=O)O)[C@@H](O)[C@H](O)[C@H]5O)ccc34)cn(C)c12. The Hall–Kier alpha value is -4.23. The third-order valence-electron chi connectivity index (χ3n) is 7.80. The number of aryl methyl sites for hydroxylation is 2. The molecular weight excluding hydrogens is 522 g/mol. The number of carboxylic acids is 1. The number of rotatable bonds is 5. The summed E-state index contributed by atoms with van der Waals surface area (Å²) in [5, 5.41) is 43.5. The Balaban J connectivity index is 1.34. The van der Waals surface area contributed by atoms with Crippen molar-refractivity contribution in [2.75, 3.05) is 0 Å². The third-order valence-corrected chi connectivity index (χ3v) is 7.80. The number of ether oxygens (including phenoxy) is 2. The van der Waals surface area contributed by atoms with Gasteiger partial charge in [-0.05, 0) is 35.7 Å². The van der Waals surface area contributed by atoms with E-state index in [2.05, 4.69) is 10.3 Å². The van der Waals surface area contributed by atoms with Crippen molar-refractivity contribution in [1.82, 2.24) is 14.9 Å². The number of H-pyrrole nitrogens is 1. The maximum atomic E-state index is 13.1. The van der Waals surface area contributed by atoms with Gasteiger partial charge in [-0.25, -0.2) is 4.79 Å². The number of aliphatic hydroxyl groups is 3. The highest BCUT2D eigenvalue weighted by atomic mass is 16.7. The average Bonchev–Trinajstić information content (AvgIpc) is 3.56. The predicted octanol–water partition coefficient (Wildman–Crippen LogP) is 0.763. The number of imide groups is 1. The first-order valence-corrected chi connectivity index (χ1v) is 12.7. The molecule has 2 saturated heterocycles. The Kier molecular flexibility index (Phi) is 6.15. The van der Waals surface area contributed by atoms with Gasteiger partial charge in [-0.3, -0.25) is 14.9 Å². The maximum absolute atomic E-state index is 13.1. The van der Waals surface area contributed by atoms with Crippen molar-refractivity contribution in [2.45, 2.75) is 49.5 Å². The molecule has 0 saturated carbocycles. The summed E-state index contributed by atoms with van der Waals surface area (Å²) in [6, 6.07) is 10.6. The van der Waals surface area contributed by atoms with E-state index in [-0.39, 0.29) is 11.7 Å². The van der Waals surface area contributed by atoms with Crippen molar-refractivity contribution >= 4 is 39.6 Å². The van der Waals surface area contributed by atoms with E-state index in [1.165, 1.54) is 6.07 Å². The van der Waals surface area contributed by atoms with Crippen molar-refractivity contribution in [3.8, 4) is 5.75 Å². The zero-order valence-electron chi connectivity index (χ0n) is 21.4. The van der Waals surface area contributed by atoms with Crippen LogP contribution in [0.15, 0.2) is 48.8 Å². The lowest BCUT2D eigenvalue weighted by atomic mass is 9.83. The van der Waals surface area contributed by atoms with Crippen LogP contribution in [0.2, 0.25) is 0 Å². The molecule has 6 rings (SSSR count). The van der Waals surface area contributed by atoms with Crippen LogP contribution in [-0.2, 0) is 26.2 Å². The van der Waals surface area contributed by atoms with E-state index in [0.29, 0.717) is 16.5 Å². The lowest BCUT2D eigenvalue weighted by Gasteiger charge is -2.38. The van der Waals surface area contributed by atoms with Gasteiger partial charge in [0.2, 0.25) is 18.1 Å². The first-order valence-electron chi connectivity index (χ1n) is 12.7. The summed E-state index contributed by atoms with van der Waals surface area (Å²) < 4.78 is 12.8. The highest BCUT2D eigenvalue weighted by Gasteiger charge is 2.48. The summed E-state index contributed by atoms with van der Waals surface area (Å²) in [5.74, 6) is -3.68. The van der Waals surface area contributed by atoms with Crippen LogP contribution in [-0.4, -0.2) is 78.5 Å². The molecule has 4 heterocycles. The summed E-state index contributed by atoms with van der Waals surface area (Å²) >= 11 is 0. The first-order chi connectivity index (χ1) is 19.1. The number of carbonyl (C=O) groups excluding carboxylic acids is 2. The average molecular weight is 550 g/mol. The predicted molar refractivity (Wildman–Crippen MR) is 140 cm³/mol. The summed E-state index contributed by atoms with van der Waals surface area (Å²) in [6.45, 7) is 1.99. The first kappa shape index (κ1) is 26.0. The quantitative estimate of drug-likeness (QED) is 0.196. The van der Waals surface area contributed by atoms with E-state index in [1.807, 2.05) is 42.9 Å². The Bertz CT molecular complexity index is 1670. The van der Waals surface area contributed by atoms with Crippen LogP contribution < -0.4 is 10.1 Å². The van der Waals surface area contributed by atoms with Crippen LogP contribution in [0.5, 0.6) is 5.75 Å². The molecule has 0 spiro atoms. The molecule has 2 aliphatic heterocycles. The van der Waals surface area contributed by atoms with Crippen LogP contribution in [0.4, 0.5) is 0 Å². The van der Waals surface area contributed by atoms with Gasteiger partial charge in [-0.2, -0.15) is 0 Å². The molecule has 0 bridgehead atoms. The molecule has 2 aromatic heterocycles. The fourth-order valence-corrected chi connectivity index (χ4v) is 5.91. The minimum absolute atomic E-state index is 0.172. The number of amides is 2. The molecule has 208 valence electrons. The van der Waals surface area contributed by atoms with Gasteiger partial charge in [0.25, 0.3) is 0 Å². The van der Waals surface area contributed by atoms with Crippen molar-refractivity contribution in [2.24, 2.45) is 7.05 Å². The van der Waals surface area contributed by atoms with Gasteiger partial charge < -0.3 is 39.5 Å². The number of hydrogen-bond donors (Lipinski definition) is 6. The molecule has 12 heteroatoms. The van der Waals surface area contributed by atoms with Crippen LogP contribution >= 0.6 is 0 Å². The van der Waals surface area contributed by atoms with Crippen LogP contribution in [0.3, 0.4) is 0 Å². The number of carboxylic acid groups (broad SMARTS) is 1. The number of para-hydroxylation sites is 1. The van der Waals surface area contributed by atoms with Crippen molar-refractivity contribution in [1.29, 1.82) is 0 Å². The topological polar surface area (TPSA) is 183 Å². The number of aliphatic carboxylic acids is 1. The molecule has 0 aliphatic carbocycles. The van der Waals surface area contributed by atoms with E-state index in [9.17, 15) is 34.8 Å². The zero-order chi connectivity index (χ0) is 28.5. The van der Waals surface area contributed by atoms with Gasteiger partial charge in [-0.15, -0.1) is 0 Å². The third kappa shape index (κ3) is 3.95. The van der Waals surface area contributed by atoms with Crippen molar-refractivity contribution in [3.63, 3.8) is 0 Å². The number of nitrogens with zero attached hydrogens (tertiary/aromatic N) is 1. The standard InChI is InChI=1S/C28H27N3O9/c1-11-4-3-5-14-16(10-31(2)20(11)14)19-18(25(35)30-26(19)36)15-9-29-17-8-12(6-7-13(15)17)39-28-23(34)21(32)22(33)24(40-28)27(37)38/h3-10,18-19,21-24,28-29,32-34H,1-2H3,(H,37,38)(H,30,35,36)/t18-,19-,21-,22-,23+,24-,28?/m0/s1. The number of benzene rings is 2. The molecule has 2 fully saturated rings. The van der Waals surface area contributed by atoms with Gasteiger partial charge in [0.15, 0.2) is 6.10 Å². The second-order valence-electron chi connectivity index (χ2n) is 10.3. The number of hydrogen-bond acceptors (Lipinski definition) is 8. The molecular formula is C28H27N3O9. The summed E-state index contributed by atoms with van der Waals surface area (Å²) in [4.78, 5) is 40.7. The van der Waals surface area contributed by atoms with Crippen LogP contribution in [0.25, 0.3) is 21.8 Å². The van der Waals surface area contributed by atoms with Gasteiger partial charge in [0, 0.05) is 41.8 Å². The van der Waals surface area contributed by atoms with E-state index in [4.69, 9.17) is 9.47 Å². The molecule has 4 aromatic rings. The maximum Gasteiger partial charge on any atom is 0.335 e. The van der Waals surface area contributed by atoms with Gasteiger partial charge in [0.05, 0.1) is 17.4 Å². The highest BCUT2D eigenvalue weighted by Crippen LogP contribution is 2.44. The lowest BCUT2D eigenvalue weighted by molar-refractivity contribution is -0.271. The smallest absolute Gasteiger partial charge is 0.335 e. The highest BCUT2D eigenvalue weighted by molar-refractivity contribution is 6.13. The minimum Gasteiger partial charge on any atom is -0.479 e. The Morgan fingerprint density at radius 1 is 0.975 bits per heavy atom. The molecule has 40 heavy (non-hydrogen) atoms. The molecule has 12 nitrogen and oxygen atoms in total.